The lowest BCUT2D eigenvalue weighted by Gasteiger charge is -2.17. The summed E-state index contributed by atoms with van der Waals surface area (Å²) < 4.78 is 10.7. The van der Waals surface area contributed by atoms with Crippen LogP contribution in [0.15, 0.2) is 85.2 Å². The fourth-order valence-corrected chi connectivity index (χ4v) is 4.57. The van der Waals surface area contributed by atoms with Gasteiger partial charge in [0.15, 0.2) is 5.82 Å². The molecule has 0 aliphatic heterocycles. The number of nitrogens with one attached hydrogen (secondary N) is 1. The first-order valence-electron chi connectivity index (χ1n) is 11.8. The van der Waals surface area contributed by atoms with Crippen molar-refractivity contribution >= 4 is 12.1 Å². The van der Waals surface area contributed by atoms with Gasteiger partial charge in [0.2, 0.25) is 0 Å². The largest absolute Gasteiger partial charge is 0.497 e. The maximum Gasteiger partial charge on any atom is 0.407 e. The van der Waals surface area contributed by atoms with Gasteiger partial charge in [-0.15, -0.1) is 0 Å². The third-order valence-electron chi connectivity index (χ3n) is 6.43. The van der Waals surface area contributed by atoms with E-state index >= 15 is 0 Å². The van der Waals surface area contributed by atoms with Crippen LogP contribution < -0.4 is 10.1 Å². The highest BCUT2D eigenvalue weighted by atomic mass is 16.5. The van der Waals surface area contributed by atoms with E-state index in [9.17, 15) is 14.7 Å². The molecule has 2 N–H and O–H groups in total. The Bertz CT molecular complexity index is 1370. The molecule has 5 rings (SSSR count). The molecule has 1 amide bonds. The second-order valence-corrected chi connectivity index (χ2v) is 8.71. The molecule has 1 aromatic heterocycles. The summed E-state index contributed by atoms with van der Waals surface area (Å²) in [5.74, 6) is -0.0557. The Hall–Kier alpha value is -4.72. The van der Waals surface area contributed by atoms with E-state index in [1.165, 1.54) is 0 Å². The van der Waals surface area contributed by atoms with Crippen LogP contribution in [0.2, 0.25) is 0 Å². The third-order valence-corrected chi connectivity index (χ3v) is 6.43. The molecule has 8 nitrogen and oxygen atoms in total. The first kappa shape index (κ1) is 24.0. The van der Waals surface area contributed by atoms with E-state index in [1.807, 2.05) is 60.7 Å². The zero-order valence-electron chi connectivity index (χ0n) is 20.1. The lowest BCUT2D eigenvalue weighted by atomic mass is 9.98. The second-order valence-electron chi connectivity index (χ2n) is 8.71. The van der Waals surface area contributed by atoms with Crippen LogP contribution in [0.4, 0.5) is 4.79 Å². The Morgan fingerprint density at radius 2 is 1.51 bits per heavy atom. The highest BCUT2D eigenvalue weighted by molar-refractivity contribution is 5.81. The molecule has 0 spiro atoms. The summed E-state index contributed by atoms with van der Waals surface area (Å²) in [6.45, 7) is 0.103. The predicted molar refractivity (Wildman–Crippen MR) is 137 cm³/mol. The zero-order chi connectivity index (χ0) is 25.8. The van der Waals surface area contributed by atoms with Crippen LogP contribution in [-0.4, -0.2) is 46.9 Å². The van der Waals surface area contributed by atoms with Gasteiger partial charge in [-0.2, -0.15) is 0 Å². The number of rotatable bonds is 8. The van der Waals surface area contributed by atoms with E-state index < -0.39 is 18.1 Å². The van der Waals surface area contributed by atoms with E-state index in [1.54, 1.807) is 19.5 Å². The van der Waals surface area contributed by atoms with Gasteiger partial charge in [-0.3, -0.25) is 0 Å². The maximum absolute atomic E-state index is 12.6. The standard InChI is InChI=1S/C29H25N3O5/c1-36-20-12-10-19(11-13-20)27-30-15-18(16-31-27)14-26(28(33)34)32-29(35)37-17-25-23-8-4-2-6-21(23)22-7-3-5-9-24(22)25/h2-13,15-16,25-26H,14,17H2,1H3,(H,32,35)(H,33,34). The molecule has 186 valence electrons. The van der Waals surface area contributed by atoms with Gasteiger partial charge in [-0.25, -0.2) is 19.6 Å². The average Bonchev–Trinajstić information content (AvgIpc) is 3.25. The molecule has 3 aromatic carbocycles. The number of carbonyl (C=O) groups excluding carboxylic acids is 1. The number of amides is 1. The molecular weight excluding hydrogens is 470 g/mol. The number of carbonyl (C=O) groups is 2. The molecule has 0 saturated heterocycles. The van der Waals surface area contributed by atoms with Crippen LogP contribution >= 0.6 is 0 Å². The van der Waals surface area contributed by atoms with Gasteiger partial charge in [0, 0.05) is 30.3 Å². The first-order valence-corrected chi connectivity index (χ1v) is 11.8. The molecule has 0 fully saturated rings. The molecule has 1 aliphatic rings. The number of aromatic nitrogens is 2. The number of fused-ring (bicyclic) bond motifs is 3. The summed E-state index contributed by atoms with van der Waals surface area (Å²) >= 11 is 0. The molecular formula is C29H25N3O5. The zero-order valence-corrected chi connectivity index (χ0v) is 20.1. The molecule has 8 heteroatoms. The summed E-state index contributed by atoms with van der Waals surface area (Å²) in [5.41, 5.74) is 5.78. The molecule has 0 radical (unpaired) electrons. The van der Waals surface area contributed by atoms with Crippen LogP contribution in [0.5, 0.6) is 5.75 Å². The van der Waals surface area contributed by atoms with Gasteiger partial charge >= 0.3 is 12.1 Å². The quantitative estimate of drug-likeness (QED) is 0.365. The minimum Gasteiger partial charge on any atom is -0.497 e. The number of methoxy groups -OCH3 is 1. The molecule has 1 atom stereocenters. The number of carboxylic acids is 1. The molecule has 1 unspecified atom stereocenters. The predicted octanol–water partition coefficient (Wildman–Crippen LogP) is 4.69. The average molecular weight is 496 g/mol. The molecule has 37 heavy (non-hydrogen) atoms. The fourth-order valence-electron chi connectivity index (χ4n) is 4.57. The van der Waals surface area contributed by atoms with E-state index in [-0.39, 0.29) is 18.9 Å². The van der Waals surface area contributed by atoms with Crippen molar-refractivity contribution in [2.45, 2.75) is 18.4 Å². The van der Waals surface area contributed by atoms with E-state index in [0.717, 1.165) is 33.6 Å². The number of carboxylic acid groups (broad SMARTS) is 1. The van der Waals surface area contributed by atoms with Crippen molar-refractivity contribution in [3.63, 3.8) is 0 Å². The first-order chi connectivity index (χ1) is 18.0. The third kappa shape index (κ3) is 5.13. The van der Waals surface area contributed by atoms with Gasteiger partial charge in [-0.1, -0.05) is 48.5 Å². The Balaban J connectivity index is 1.22. The van der Waals surface area contributed by atoms with E-state index in [4.69, 9.17) is 9.47 Å². The van der Waals surface area contributed by atoms with Crippen molar-refractivity contribution < 1.29 is 24.2 Å². The Kier molecular flexibility index (Phi) is 6.81. The van der Waals surface area contributed by atoms with E-state index in [0.29, 0.717) is 11.4 Å². The van der Waals surface area contributed by atoms with Gasteiger partial charge in [0.1, 0.15) is 18.4 Å². The summed E-state index contributed by atoms with van der Waals surface area (Å²) in [4.78, 5) is 33.1. The summed E-state index contributed by atoms with van der Waals surface area (Å²) in [6.07, 6.45) is 2.34. The summed E-state index contributed by atoms with van der Waals surface area (Å²) in [7, 11) is 1.59. The Morgan fingerprint density at radius 3 is 2.08 bits per heavy atom. The number of nitrogens with zero attached hydrogens (tertiary/aromatic N) is 2. The van der Waals surface area contributed by atoms with Crippen LogP contribution in [-0.2, 0) is 16.0 Å². The number of hydrogen-bond acceptors (Lipinski definition) is 6. The summed E-state index contributed by atoms with van der Waals surface area (Å²) in [6, 6.07) is 22.1. The smallest absolute Gasteiger partial charge is 0.407 e. The molecule has 0 saturated carbocycles. The van der Waals surface area contributed by atoms with Crippen molar-refractivity contribution in [2.24, 2.45) is 0 Å². The SMILES string of the molecule is COc1ccc(-c2ncc(CC(NC(=O)OCC3c4ccccc4-c4ccccc43)C(=O)O)cn2)cc1. The molecule has 1 heterocycles. The van der Waals surface area contributed by atoms with Gasteiger partial charge in [0.25, 0.3) is 0 Å². The van der Waals surface area contributed by atoms with Crippen LogP contribution in [0.3, 0.4) is 0 Å². The number of benzene rings is 3. The minimum atomic E-state index is -1.19. The monoisotopic (exact) mass is 495 g/mol. The van der Waals surface area contributed by atoms with Crippen LogP contribution in [0.1, 0.15) is 22.6 Å². The lowest BCUT2D eigenvalue weighted by Crippen LogP contribution is -2.43. The van der Waals surface area contributed by atoms with Crippen molar-refractivity contribution in [3.8, 4) is 28.3 Å². The topological polar surface area (TPSA) is 111 Å². The minimum absolute atomic E-state index is 0.0163. The highest BCUT2D eigenvalue weighted by Gasteiger charge is 2.29. The van der Waals surface area contributed by atoms with E-state index in [2.05, 4.69) is 27.4 Å². The Morgan fingerprint density at radius 1 is 0.919 bits per heavy atom. The molecule has 0 bridgehead atoms. The number of hydrogen-bond donors (Lipinski definition) is 2. The number of alkyl carbamates (subject to hydrolysis) is 1. The lowest BCUT2D eigenvalue weighted by molar-refractivity contribution is -0.139. The molecule has 4 aromatic rings. The van der Waals surface area contributed by atoms with Crippen LogP contribution in [0, 0.1) is 0 Å². The number of aliphatic carboxylic acids is 1. The van der Waals surface area contributed by atoms with Crippen molar-refractivity contribution in [2.75, 3.05) is 13.7 Å². The molecule has 1 aliphatic carbocycles. The van der Waals surface area contributed by atoms with Gasteiger partial charge < -0.3 is 19.9 Å². The van der Waals surface area contributed by atoms with Crippen molar-refractivity contribution in [1.29, 1.82) is 0 Å². The Labute approximate surface area is 213 Å². The summed E-state index contributed by atoms with van der Waals surface area (Å²) in [5, 5.41) is 12.1. The van der Waals surface area contributed by atoms with Crippen molar-refractivity contribution in [3.05, 3.63) is 102 Å². The normalized spacial score (nSPS) is 12.8. The van der Waals surface area contributed by atoms with Gasteiger partial charge in [0.05, 0.1) is 7.11 Å². The van der Waals surface area contributed by atoms with Gasteiger partial charge in [-0.05, 0) is 52.1 Å². The number of ether oxygens (including phenoxy) is 2. The second kappa shape index (κ2) is 10.5. The van der Waals surface area contributed by atoms with Crippen LogP contribution in [0.25, 0.3) is 22.5 Å². The van der Waals surface area contributed by atoms with Crippen molar-refractivity contribution in [1.82, 2.24) is 15.3 Å². The highest BCUT2D eigenvalue weighted by Crippen LogP contribution is 2.44. The fraction of sp³-hybridized carbons (Fsp3) is 0.172. The maximum atomic E-state index is 12.6.